The van der Waals surface area contributed by atoms with Crippen LogP contribution < -0.4 is 0 Å². The van der Waals surface area contributed by atoms with Crippen molar-refractivity contribution in [1.29, 1.82) is 0 Å². The van der Waals surface area contributed by atoms with E-state index >= 15 is 0 Å². The second kappa shape index (κ2) is 9.88. The minimum Gasteiger partial charge on any atom is -0.381 e. The molecule has 0 bridgehead atoms. The predicted molar refractivity (Wildman–Crippen MR) is 141 cm³/mol. The van der Waals surface area contributed by atoms with E-state index < -0.39 is 17.6 Å². The third kappa shape index (κ3) is 4.78. The van der Waals surface area contributed by atoms with Crippen LogP contribution in [0.5, 0.6) is 0 Å². The predicted octanol–water partition coefficient (Wildman–Crippen LogP) is 3.91. The van der Waals surface area contributed by atoms with E-state index in [9.17, 15) is 22.8 Å². The molecular weight excluding hydrogens is 523 g/mol. The Kier molecular flexibility index (Phi) is 6.48. The first kappa shape index (κ1) is 26.2. The third-order valence-electron chi connectivity index (χ3n) is 7.87. The van der Waals surface area contributed by atoms with Gasteiger partial charge in [-0.25, -0.2) is 0 Å². The molecule has 0 radical (unpaired) electrons. The van der Waals surface area contributed by atoms with Gasteiger partial charge in [-0.1, -0.05) is 48.5 Å². The fourth-order valence-electron chi connectivity index (χ4n) is 5.61. The molecule has 4 heterocycles. The number of likely N-dealkylation sites (tertiary alicyclic amines) is 1. The highest BCUT2D eigenvalue weighted by molar-refractivity contribution is 6.15. The zero-order chi connectivity index (χ0) is 28.1. The summed E-state index contributed by atoms with van der Waals surface area (Å²) in [7, 11) is 1.88. The Labute approximate surface area is 229 Å². The first-order chi connectivity index (χ1) is 19.1. The molecule has 3 aliphatic rings. The maximum Gasteiger partial charge on any atom is 0.471 e. The summed E-state index contributed by atoms with van der Waals surface area (Å²) in [5.41, 5.74) is 3.97. The number of carbonyl (C=O) groups excluding carboxylic acids is 2. The molecule has 2 amide bonds. The van der Waals surface area contributed by atoms with E-state index in [-0.39, 0.29) is 31.5 Å². The molecule has 0 aliphatic carbocycles. The van der Waals surface area contributed by atoms with Crippen molar-refractivity contribution in [3.05, 3.63) is 66.5 Å². The molecule has 1 aromatic heterocycles. The molecule has 0 saturated carbocycles. The maximum absolute atomic E-state index is 13.6. The topological polar surface area (TPSA) is 80.0 Å². The molecule has 0 unspecified atom stereocenters. The smallest absolute Gasteiger partial charge is 0.381 e. The molecule has 1 spiro atoms. The lowest BCUT2D eigenvalue weighted by Gasteiger charge is -2.41. The molecule has 2 saturated heterocycles. The number of amides is 2. The van der Waals surface area contributed by atoms with Gasteiger partial charge in [0, 0.05) is 76.0 Å². The number of alkyl halides is 3. The summed E-state index contributed by atoms with van der Waals surface area (Å²) in [5, 5.41) is 4.22. The summed E-state index contributed by atoms with van der Waals surface area (Å²) in [5.74, 6) is -1.73. The maximum atomic E-state index is 13.6. The van der Waals surface area contributed by atoms with Crippen molar-refractivity contribution >= 4 is 17.6 Å². The Hall–Kier alpha value is -3.99. The van der Waals surface area contributed by atoms with Gasteiger partial charge in [-0.3, -0.25) is 24.2 Å². The molecular formula is C29H28F3N5O3. The van der Waals surface area contributed by atoms with Crippen LogP contribution in [-0.4, -0.2) is 81.8 Å². The van der Waals surface area contributed by atoms with E-state index in [4.69, 9.17) is 9.73 Å². The van der Waals surface area contributed by atoms with Crippen LogP contribution in [0.1, 0.15) is 18.4 Å². The number of ether oxygens (including phenoxy) is 1. The molecule has 0 N–H and O–H groups in total. The SMILES string of the molecule is Cn1cc(-c2ccc(-c3ccc(C4=NC5(CCOCC5)C(=O)N4CC4CN(C(=O)C(F)(F)F)C4)cc3)cc2)cn1. The normalized spacial score (nSPS) is 19.2. The van der Waals surface area contributed by atoms with Crippen molar-refractivity contribution < 1.29 is 27.5 Å². The van der Waals surface area contributed by atoms with Crippen molar-refractivity contribution in [2.75, 3.05) is 32.8 Å². The number of nitrogens with zero attached hydrogens (tertiary/aromatic N) is 5. The van der Waals surface area contributed by atoms with Gasteiger partial charge in [-0.15, -0.1) is 0 Å². The van der Waals surface area contributed by atoms with Gasteiger partial charge >= 0.3 is 12.1 Å². The highest BCUT2D eigenvalue weighted by atomic mass is 19.4. The first-order valence-electron chi connectivity index (χ1n) is 13.2. The van der Waals surface area contributed by atoms with Gasteiger partial charge < -0.3 is 9.64 Å². The van der Waals surface area contributed by atoms with E-state index in [1.807, 2.05) is 68.0 Å². The highest BCUT2D eigenvalue weighted by Gasteiger charge is 2.51. The van der Waals surface area contributed by atoms with Crippen molar-refractivity contribution in [2.24, 2.45) is 18.0 Å². The minimum absolute atomic E-state index is 0.0422. The average Bonchev–Trinajstić information content (AvgIpc) is 3.47. The number of halogens is 3. The zero-order valence-corrected chi connectivity index (χ0v) is 21.9. The van der Waals surface area contributed by atoms with E-state index in [2.05, 4.69) is 5.10 Å². The molecule has 0 atom stereocenters. The Morgan fingerprint density at radius 1 is 0.950 bits per heavy atom. The Morgan fingerprint density at radius 2 is 1.50 bits per heavy atom. The Bertz CT molecular complexity index is 1450. The summed E-state index contributed by atoms with van der Waals surface area (Å²) in [6.07, 6.45) is -0.208. The number of aromatic nitrogens is 2. The quantitative estimate of drug-likeness (QED) is 0.482. The standard InChI is InChI=1S/C29H28F3N5O3/c1-35-18-24(14-33-35)22-4-2-20(3-5-22)21-6-8-23(9-7-21)25-34-28(10-12-40-13-11-28)26(38)37(25)17-19-15-36(16-19)27(39)29(30,31)32/h2-9,14,18-19H,10-13,15-17H2,1H3. The molecule has 2 fully saturated rings. The molecule has 6 rings (SSSR count). The van der Waals surface area contributed by atoms with Crippen LogP contribution in [0.2, 0.25) is 0 Å². The van der Waals surface area contributed by atoms with Crippen LogP contribution in [0.25, 0.3) is 22.3 Å². The average molecular weight is 552 g/mol. The van der Waals surface area contributed by atoms with Gasteiger partial charge in [-0.2, -0.15) is 18.3 Å². The molecule has 208 valence electrons. The monoisotopic (exact) mass is 551 g/mol. The Balaban J connectivity index is 1.21. The van der Waals surface area contributed by atoms with E-state index in [1.165, 1.54) is 0 Å². The second-order valence-electron chi connectivity index (χ2n) is 10.6. The summed E-state index contributed by atoms with van der Waals surface area (Å²) in [6, 6.07) is 16.0. The van der Waals surface area contributed by atoms with Crippen molar-refractivity contribution in [3.63, 3.8) is 0 Å². The van der Waals surface area contributed by atoms with Gasteiger partial charge in [0.1, 0.15) is 11.4 Å². The number of benzene rings is 2. The molecule has 2 aromatic carbocycles. The van der Waals surface area contributed by atoms with E-state index in [1.54, 1.807) is 9.58 Å². The Morgan fingerprint density at radius 3 is 2.02 bits per heavy atom. The fraction of sp³-hybridized carbons (Fsp3) is 0.379. The van der Waals surface area contributed by atoms with Gasteiger partial charge in [-0.05, 0) is 16.7 Å². The molecule has 11 heteroatoms. The number of rotatable bonds is 5. The largest absolute Gasteiger partial charge is 0.471 e. The molecule has 8 nitrogen and oxygen atoms in total. The van der Waals surface area contributed by atoms with Crippen molar-refractivity contribution in [1.82, 2.24) is 19.6 Å². The fourth-order valence-corrected chi connectivity index (χ4v) is 5.61. The highest BCUT2D eigenvalue weighted by Crippen LogP contribution is 2.36. The summed E-state index contributed by atoms with van der Waals surface area (Å²) >= 11 is 0. The molecule has 3 aromatic rings. The lowest BCUT2D eigenvalue weighted by Crippen LogP contribution is -2.58. The van der Waals surface area contributed by atoms with E-state index in [0.717, 1.165) is 32.7 Å². The van der Waals surface area contributed by atoms with Crippen molar-refractivity contribution in [3.8, 4) is 22.3 Å². The van der Waals surface area contributed by atoms with E-state index in [0.29, 0.717) is 31.9 Å². The lowest BCUT2D eigenvalue weighted by atomic mass is 9.90. The van der Waals surface area contributed by atoms with Crippen LogP contribution in [0.15, 0.2) is 65.9 Å². The van der Waals surface area contributed by atoms with Crippen LogP contribution in [0, 0.1) is 5.92 Å². The number of hydrogen-bond acceptors (Lipinski definition) is 5. The number of aryl methyl sites for hydroxylation is 1. The zero-order valence-electron chi connectivity index (χ0n) is 21.9. The van der Waals surface area contributed by atoms with Crippen LogP contribution in [0.3, 0.4) is 0 Å². The number of aliphatic imine (C=N–C) groups is 1. The molecule has 3 aliphatic heterocycles. The lowest BCUT2D eigenvalue weighted by molar-refractivity contribution is -0.191. The van der Waals surface area contributed by atoms with Gasteiger partial charge in [0.15, 0.2) is 0 Å². The van der Waals surface area contributed by atoms with Gasteiger partial charge in [0.2, 0.25) is 0 Å². The van der Waals surface area contributed by atoms with Gasteiger partial charge in [0.05, 0.1) is 6.20 Å². The summed E-state index contributed by atoms with van der Waals surface area (Å²) in [6.45, 7) is 0.960. The first-order valence-corrected chi connectivity index (χ1v) is 13.2. The van der Waals surface area contributed by atoms with Crippen LogP contribution >= 0.6 is 0 Å². The minimum atomic E-state index is -4.89. The van der Waals surface area contributed by atoms with Gasteiger partial charge in [0.25, 0.3) is 5.91 Å². The van der Waals surface area contributed by atoms with Crippen molar-refractivity contribution in [2.45, 2.75) is 24.6 Å². The number of hydrogen-bond donors (Lipinski definition) is 0. The van der Waals surface area contributed by atoms with Crippen LogP contribution in [0.4, 0.5) is 13.2 Å². The second-order valence-corrected chi connectivity index (χ2v) is 10.6. The number of amidine groups is 1. The summed E-state index contributed by atoms with van der Waals surface area (Å²) in [4.78, 5) is 32.5. The number of carbonyl (C=O) groups is 2. The summed E-state index contributed by atoms with van der Waals surface area (Å²) < 4.78 is 45.6. The van der Waals surface area contributed by atoms with Crippen LogP contribution in [-0.2, 0) is 21.4 Å². The third-order valence-corrected chi connectivity index (χ3v) is 7.87. The molecule has 40 heavy (non-hydrogen) atoms.